The summed E-state index contributed by atoms with van der Waals surface area (Å²) in [7, 11) is 0. The second-order valence-electron chi connectivity index (χ2n) is 5.77. The summed E-state index contributed by atoms with van der Waals surface area (Å²) in [5.74, 6) is -0.524. The minimum atomic E-state index is -4.44. The van der Waals surface area contributed by atoms with E-state index in [-0.39, 0.29) is 11.3 Å². The van der Waals surface area contributed by atoms with Crippen molar-refractivity contribution in [3.8, 4) is 6.07 Å². The van der Waals surface area contributed by atoms with Crippen molar-refractivity contribution < 1.29 is 18.0 Å². The normalized spacial score (nSPS) is 10.8. The summed E-state index contributed by atoms with van der Waals surface area (Å²) >= 11 is 0. The first-order chi connectivity index (χ1) is 13.4. The number of nitrogens with one attached hydrogen (secondary N) is 2. The van der Waals surface area contributed by atoms with E-state index in [0.717, 1.165) is 12.1 Å². The third-order valence-corrected chi connectivity index (χ3v) is 3.80. The number of carbonyl (C=O) groups excluding carboxylic acids is 1. The van der Waals surface area contributed by atoms with Gasteiger partial charge in [0, 0.05) is 11.9 Å². The zero-order valence-corrected chi connectivity index (χ0v) is 14.3. The lowest BCUT2D eigenvalue weighted by molar-refractivity contribution is -0.137. The predicted octanol–water partition coefficient (Wildman–Crippen LogP) is 4.97. The van der Waals surface area contributed by atoms with Gasteiger partial charge in [-0.2, -0.15) is 18.4 Å². The Morgan fingerprint density at radius 1 is 1.00 bits per heavy atom. The highest BCUT2D eigenvalue weighted by Crippen LogP contribution is 2.30. The Balaban J connectivity index is 1.74. The minimum Gasteiger partial charge on any atom is -0.353 e. The van der Waals surface area contributed by atoms with Crippen LogP contribution < -0.4 is 10.6 Å². The van der Waals surface area contributed by atoms with Gasteiger partial charge in [0.2, 0.25) is 0 Å². The molecule has 0 radical (unpaired) electrons. The standard InChI is InChI=1S/C20H13F3N4O/c21-20(22,23)15-5-7-16(8-6-15)27-19(28)14-9-17(12-25-11-14)26-18-4-2-1-3-13(18)10-24/h1-9,11-12,26H,(H,27,28). The van der Waals surface area contributed by atoms with Crippen molar-refractivity contribution >= 4 is 23.0 Å². The third-order valence-electron chi connectivity index (χ3n) is 3.80. The van der Waals surface area contributed by atoms with Gasteiger partial charge < -0.3 is 10.6 Å². The van der Waals surface area contributed by atoms with Gasteiger partial charge in [-0.05, 0) is 42.5 Å². The number of nitriles is 1. The number of carbonyl (C=O) groups is 1. The Morgan fingerprint density at radius 2 is 1.71 bits per heavy atom. The number of nitrogens with zero attached hydrogens (tertiary/aromatic N) is 2. The number of hydrogen-bond donors (Lipinski definition) is 2. The van der Waals surface area contributed by atoms with Gasteiger partial charge in [-0.15, -0.1) is 0 Å². The van der Waals surface area contributed by atoms with E-state index in [9.17, 15) is 18.0 Å². The van der Waals surface area contributed by atoms with Crippen molar-refractivity contribution in [3.05, 3.63) is 83.7 Å². The van der Waals surface area contributed by atoms with Gasteiger partial charge in [-0.1, -0.05) is 12.1 Å². The molecule has 0 saturated carbocycles. The first-order valence-electron chi connectivity index (χ1n) is 8.06. The van der Waals surface area contributed by atoms with Crippen LogP contribution in [-0.2, 0) is 6.18 Å². The predicted molar refractivity (Wildman–Crippen MR) is 98.1 cm³/mol. The van der Waals surface area contributed by atoms with E-state index >= 15 is 0 Å². The van der Waals surface area contributed by atoms with E-state index in [2.05, 4.69) is 21.7 Å². The molecule has 0 bridgehead atoms. The second-order valence-corrected chi connectivity index (χ2v) is 5.77. The molecular formula is C20H13F3N4O. The molecule has 5 nitrogen and oxygen atoms in total. The summed E-state index contributed by atoms with van der Waals surface area (Å²) in [6, 6.07) is 14.6. The van der Waals surface area contributed by atoms with Gasteiger partial charge in [0.1, 0.15) is 6.07 Å². The molecule has 1 aromatic heterocycles. The van der Waals surface area contributed by atoms with Crippen LogP contribution in [0.1, 0.15) is 21.5 Å². The number of benzene rings is 2. The van der Waals surface area contributed by atoms with Gasteiger partial charge in [-0.25, -0.2) is 0 Å². The third kappa shape index (κ3) is 4.45. The molecule has 0 spiro atoms. The van der Waals surface area contributed by atoms with E-state index < -0.39 is 17.6 Å². The number of amides is 1. The lowest BCUT2D eigenvalue weighted by Gasteiger charge is -2.10. The molecule has 0 aliphatic carbocycles. The van der Waals surface area contributed by atoms with E-state index in [0.29, 0.717) is 16.9 Å². The fourth-order valence-corrected chi connectivity index (χ4v) is 2.42. The van der Waals surface area contributed by atoms with Gasteiger partial charge in [-0.3, -0.25) is 9.78 Å². The van der Waals surface area contributed by atoms with Crippen molar-refractivity contribution in [3.63, 3.8) is 0 Å². The molecule has 0 fully saturated rings. The highest BCUT2D eigenvalue weighted by Gasteiger charge is 2.30. The molecule has 1 amide bonds. The van der Waals surface area contributed by atoms with Crippen molar-refractivity contribution in [2.45, 2.75) is 6.18 Å². The number of pyridine rings is 1. The molecule has 28 heavy (non-hydrogen) atoms. The zero-order valence-electron chi connectivity index (χ0n) is 14.3. The maximum absolute atomic E-state index is 12.6. The Bertz CT molecular complexity index is 1040. The SMILES string of the molecule is N#Cc1ccccc1Nc1cncc(C(=O)Nc2ccc(C(F)(F)F)cc2)c1. The van der Waals surface area contributed by atoms with Crippen molar-refractivity contribution in [2.75, 3.05) is 10.6 Å². The number of halogens is 3. The molecule has 3 aromatic rings. The molecule has 0 unspecified atom stereocenters. The second kappa shape index (κ2) is 7.80. The van der Waals surface area contributed by atoms with Crippen LogP contribution in [0, 0.1) is 11.3 Å². The molecule has 0 atom stereocenters. The fraction of sp³-hybridized carbons (Fsp3) is 0.0500. The quantitative estimate of drug-likeness (QED) is 0.668. The number of aromatic nitrogens is 1. The maximum Gasteiger partial charge on any atom is 0.416 e. The van der Waals surface area contributed by atoms with Crippen LogP contribution in [0.2, 0.25) is 0 Å². The summed E-state index contributed by atoms with van der Waals surface area (Å²) in [6.07, 6.45) is -1.62. The molecule has 3 rings (SSSR count). The highest BCUT2D eigenvalue weighted by molar-refractivity contribution is 6.04. The van der Waals surface area contributed by atoms with Gasteiger partial charge in [0.25, 0.3) is 5.91 Å². The van der Waals surface area contributed by atoms with Gasteiger partial charge >= 0.3 is 6.18 Å². The Labute approximate surface area is 158 Å². The van der Waals surface area contributed by atoms with Crippen molar-refractivity contribution in [2.24, 2.45) is 0 Å². The molecule has 8 heteroatoms. The lowest BCUT2D eigenvalue weighted by Crippen LogP contribution is -2.13. The Kier molecular flexibility index (Phi) is 5.27. The van der Waals surface area contributed by atoms with Crippen molar-refractivity contribution in [1.82, 2.24) is 4.98 Å². The van der Waals surface area contributed by atoms with Crippen LogP contribution in [0.3, 0.4) is 0 Å². The average molecular weight is 382 g/mol. The van der Waals surface area contributed by atoms with Crippen LogP contribution in [0.15, 0.2) is 67.0 Å². The largest absolute Gasteiger partial charge is 0.416 e. The smallest absolute Gasteiger partial charge is 0.353 e. The molecule has 2 aromatic carbocycles. The maximum atomic E-state index is 12.6. The van der Waals surface area contributed by atoms with Gasteiger partial charge in [0.15, 0.2) is 0 Å². The topological polar surface area (TPSA) is 77.8 Å². The lowest BCUT2D eigenvalue weighted by atomic mass is 10.1. The Hall–Kier alpha value is -3.86. The summed E-state index contributed by atoms with van der Waals surface area (Å²) in [4.78, 5) is 16.4. The number of rotatable bonds is 4. The number of alkyl halides is 3. The molecule has 1 heterocycles. The van der Waals surface area contributed by atoms with E-state index in [1.807, 2.05) is 0 Å². The summed E-state index contributed by atoms with van der Waals surface area (Å²) in [5.41, 5.74) is 1.12. The molecule has 0 aliphatic heterocycles. The van der Waals surface area contributed by atoms with Crippen LogP contribution in [-0.4, -0.2) is 10.9 Å². The van der Waals surface area contributed by atoms with Crippen LogP contribution in [0.4, 0.5) is 30.2 Å². The van der Waals surface area contributed by atoms with E-state index in [1.165, 1.54) is 30.6 Å². The molecular weight excluding hydrogens is 369 g/mol. The average Bonchev–Trinajstić information content (AvgIpc) is 2.68. The molecule has 2 N–H and O–H groups in total. The Morgan fingerprint density at radius 3 is 2.39 bits per heavy atom. The highest BCUT2D eigenvalue weighted by atomic mass is 19.4. The summed E-state index contributed by atoms with van der Waals surface area (Å²) < 4.78 is 37.8. The zero-order chi connectivity index (χ0) is 20.1. The fourth-order valence-electron chi connectivity index (χ4n) is 2.42. The number of hydrogen-bond acceptors (Lipinski definition) is 4. The first-order valence-corrected chi connectivity index (χ1v) is 8.06. The van der Waals surface area contributed by atoms with E-state index in [4.69, 9.17) is 5.26 Å². The summed E-state index contributed by atoms with van der Waals surface area (Å²) in [5, 5.41) is 14.7. The van der Waals surface area contributed by atoms with Crippen LogP contribution in [0.25, 0.3) is 0 Å². The molecule has 140 valence electrons. The van der Waals surface area contributed by atoms with Crippen molar-refractivity contribution in [1.29, 1.82) is 5.26 Å². The van der Waals surface area contributed by atoms with Gasteiger partial charge in [0.05, 0.1) is 34.3 Å². The van der Waals surface area contributed by atoms with E-state index in [1.54, 1.807) is 24.3 Å². The van der Waals surface area contributed by atoms with Crippen LogP contribution >= 0.6 is 0 Å². The molecule has 0 saturated heterocycles. The van der Waals surface area contributed by atoms with Crippen LogP contribution in [0.5, 0.6) is 0 Å². The number of anilines is 3. The monoisotopic (exact) mass is 382 g/mol. The summed E-state index contributed by atoms with van der Waals surface area (Å²) in [6.45, 7) is 0. The minimum absolute atomic E-state index is 0.208. The first kappa shape index (κ1) is 18.9. The number of para-hydroxylation sites is 1. The molecule has 0 aliphatic rings.